The van der Waals surface area contributed by atoms with Gasteiger partial charge >= 0.3 is 12.1 Å². The number of halogens is 5. The van der Waals surface area contributed by atoms with Crippen molar-refractivity contribution in [2.24, 2.45) is 0 Å². The first kappa shape index (κ1) is 37.2. The van der Waals surface area contributed by atoms with Crippen LogP contribution in [0.4, 0.5) is 26.7 Å². The van der Waals surface area contributed by atoms with Gasteiger partial charge in [-0.05, 0) is 22.3 Å². The van der Waals surface area contributed by atoms with Gasteiger partial charge in [0.15, 0.2) is 0 Å². The van der Waals surface area contributed by atoms with Crippen molar-refractivity contribution >= 4 is 18.0 Å². The van der Waals surface area contributed by atoms with Crippen molar-refractivity contribution in [1.29, 1.82) is 0 Å². The summed E-state index contributed by atoms with van der Waals surface area (Å²) < 4.78 is 96.8. The molecule has 0 radical (unpaired) electrons. The molecule has 4 rings (SSSR count). The number of carbonyl (C=O) groups excluding carboxylic acids is 3. The highest BCUT2D eigenvalue weighted by atomic mass is 19.2. The third kappa shape index (κ3) is 10.4. The summed E-state index contributed by atoms with van der Waals surface area (Å²) in [4.78, 5) is 35.6. The van der Waals surface area contributed by atoms with E-state index in [4.69, 9.17) is 23.7 Å². The van der Waals surface area contributed by atoms with E-state index in [0.717, 1.165) is 22.3 Å². The highest BCUT2D eigenvalue weighted by molar-refractivity contribution is 5.79. The number of carbonyl (C=O) groups is 3. The van der Waals surface area contributed by atoms with E-state index in [2.05, 4.69) is 27.5 Å². The molecule has 0 saturated heterocycles. The fourth-order valence-electron chi connectivity index (χ4n) is 4.77. The molecule has 16 heteroatoms. The minimum absolute atomic E-state index is 0.0344. The molecule has 0 heterocycles. The van der Waals surface area contributed by atoms with Crippen LogP contribution >= 0.6 is 0 Å². The molecule has 2 N–H and O–H groups in total. The van der Waals surface area contributed by atoms with E-state index >= 15 is 0 Å². The summed E-state index contributed by atoms with van der Waals surface area (Å²) in [5.74, 6) is -15.0. The van der Waals surface area contributed by atoms with Crippen molar-refractivity contribution in [3.63, 3.8) is 0 Å². The zero-order valence-corrected chi connectivity index (χ0v) is 26.0. The molecule has 1 aliphatic carbocycles. The Balaban J connectivity index is 0.944. The smallest absolute Gasteiger partial charge is 0.407 e. The van der Waals surface area contributed by atoms with Crippen LogP contribution in [0.25, 0.3) is 11.1 Å². The van der Waals surface area contributed by atoms with Crippen LogP contribution < -0.4 is 15.4 Å². The van der Waals surface area contributed by atoms with Gasteiger partial charge in [0.1, 0.15) is 19.8 Å². The van der Waals surface area contributed by atoms with Crippen LogP contribution in [0.1, 0.15) is 17.0 Å². The Morgan fingerprint density at radius 1 is 0.592 bits per heavy atom. The first-order chi connectivity index (χ1) is 23.7. The van der Waals surface area contributed by atoms with Crippen LogP contribution in [0.5, 0.6) is 5.75 Å². The second-order valence-electron chi connectivity index (χ2n) is 10.3. The Kier molecular flexibility index (Phi) is 14.3. The number of amides is 2. The Hall–Kier alpha value is -4.64. The minimum Gasteiger partial charge on any atom is -0.449 e. The van der Waals surface area contributed by atoms with E-state index in [1.165, 1.54) is 0 Å². The molecule has 0 atom stereocenters. The van der Waals surface area contributed by atoms with Gasteiger partial charge in [-0.2, -0.15) is 8.78 Å². The molecule has 3 aromatic carbocycles. The van der Waals surface area contributed by atoms with Gasteiger partial charge in [0.2, 0.25) is 40.7 Å². The summed E-state index contributed by atoms with van der Waals surface area (Å²) in [6.45, 7) is -0.118. The third-order valence-electron chi connectivity index (χ3n) is 7.01. The van der Waals surface area contributed by atoms with Crippen molar-refractivity contribution in [2.75, 3.05) is 72.6 Å². The van der Waals surface area contributed by atoms with Crippen LogP contribution in [0.3, 0.4) is 0 Å². The Morgan fingerprint density at radius 3 is 1.67 bits per heavy atom. The number of esters is 1. The molecule has 3 aromatic rings. The maximum absolute atomic E-state index is 13.5. The standard InChI is InChI=1S/C33H33F5N2O9/c34-27-28(35)30(37)32(31(38)29(27)36)49-26(42)19-47-16-14-44-11-9-39-25(41)18-46-15-13-45-12-10-40-33(43)48-17-24-22-7-3-1-5-20(22)21-6-2-4-8-23(21)24/h1-8,24H,9-19H2,(H,39,41)(H,40,43). The molecule has 0 spiro atoms. The van der Waals surface area contributed by atoms with E-state index in [9.17, 15) is 36.3 Å². The summed E-state index contributed by atoms with van der Waals surface area (Å²) in [5, 5.41) is 5.19. The van der Waals surface area contributed by atoms with Crippen molar-refractivity contribution in [2.45, 2.75) is 5.92 Å². The van der Waals surface area contributed by atoms with Crippen LogP contribution in [0.2, 0.25) is 0 Å². The molecule has 0 fully saturated rings. The Bertz CT molecular complexity index is 1540. The van der Waals surface area contributed by atoms with Crippen molar-refractivity contribution < 1.29 is 64.8 Å². The first-order valence-electron chi connectivity index (χ1n) is 15.1. The molecule has 0 aromatic heterocycles. The SMILES string of the molecule is O=C(COCCOCCNC(=O)OCC1c2ccccc2-c2ccccc21)NCCOCCOCC(=O)Oc1c(F)c(F)c(F)c(F)c1F. The van der Waals surface area contributed by atoms with Crippen LogP contribution in [-0.2, 0) is 33.3 Å². The number of hydrogen-bond acceptors (Lipinski definition) is 9. The maximum atomic E-state index is 13.5. The lowest BCUT2D eigenvalue weighted by Crippen LogP contribution is -2.31. The predicted molar refractivity (Wildman–Crippen MR) is 161 cm³/mol. The molecule has 11 nitrogen and oxygen atoms in total. The minimum atomic E-state index is -2.38. The maximum Gasteiger partial charge on any atom is 0.407 e. The summed E-state index contributed by atoms with van der Waals surface area (Å²) in [6.07, 6.45) is -0.550. The van der Waals surface area contributed by atoms with E-state index in [1.807, 2.05) is 36.4 Å². The highest BCUT2D eigenvalue weighted by Gasteiger charge is 2.30. The molecule has 1 aliphatic rings. The summed E-state index contributed by atoms with van der Waals surface area (Å²) >= 11 is 0. The normalized spacial score (nSPS) is 11.9. The van der Waals surface area contributed by atoms with Gasteiger partial charge in [-0.1, -0.05) is 48.5 Å². The lowest BCUT2D eigenvalue weighted by Gasteiger charge is -2.14. The van der Waals surface area contributed by atoms with Gasteiger partial charge in [0.25, 0.3) is 0 Å². The summed E-state index contributed by atoms with van der Waals surface area (Å²) in [5.41, 5.74) is 4.53. The zero-order chi connectivity index (χ0) is 35.2. The third-order valence-corrected chi connectivity index (χ3v) is 7.01. The molecule has 0 saturated carbocycles. The predicted octanol–water partition coefficient (Wildman–Crippen LogP) is 4.01. The van der Waals surface area contributed by atoms with Gasteiger partial charge in [-0.15, -0.1) is 0 Å². The average molecular weight is 697 g/mol. The number of ether oxygens (including phenoxy) is 6. The molecular formula is C33H33F5N2O9. The second-order valence-corrected chi connectivity index (χ2v) is 10.3. The van der Waals surface area contributed by atoms with Crippen LogP contribution in [0, 0.1) is 29.1 Å². The van der Waals surface area contributed by atoms with Gasteiger partial charge in [-0.25, -0.2) is 22.8 Å². The zero-order valence-electron chi connectivity index (χ0n) is 26.0. The lowest BCUT2D eigenvalue weighted by molar-refractivity contribution is -0.140. The lowest BCUT2D eigenvalue weighted by atomic mass is 9.98. The van der Waals surface area contributed by atoms with Gasteiger partial charge in [0.05, 0.1) is 39.6 Å². The van der Waals surface area contributed by atoms with Gasteiger partial charge in [-0.3, -0.25) is 4.79 Å². The molecule has 2 amide bonds. The number of nitrogens with one attached hydrogen (secondary N) is 2. The van der Waals surface area contributed by atoms with Crippen molar-refractivity contribution in [3.05, 3.63) is 88.7 Å². The Morgan fingerprint density at radius 2 is 1.08 bits per heavy atom. The summed E-state index contributed by atoms with van der Waals surface area (Å²) in [6, 6.07) is 16.1. The van der Waals surface area contributed by atoms with Gasteiger partial charge in [0, 0.05) is 19.0 Å². The number of rotatable bonds is 19. The number of benzene rings is 3. The van der Waals surface area contributed by atoms with Crippen molar-refractivity contribution in [3.8, 4) is 16.9 Å². The van der Waals surface area contributed by atoms with Crippen LogP contribution in [0.15, 0.2) is 48.5 Å². The summed E-state index contributed by atoms with van der Waals surface area (Å²) in [7, 11) is 0. The largest absolute Gasteiger partial charge is 0.449 e. The monoisotopic (exact) mass is 696 g/mol. The molecule has 49 heavy (non-hydrogen) atoms. The number of alkyl carbamates (subject to hydrolysis) is 1. The Labute approximate surface area is 277 Å². The fourth-order valence-corrected chi connectivity index (χ4v) is 4.77. The number of hydrogen-bond donors (Lipinski definition) is 2. The van der Waals surface area contributed by atoms with E-state index < -0.39 is 59.4 Å². The average Bonchev–Trinajstić information content (AvgIpc) is 3.43. The van der Waals surface area contributed by atoms with Crippen molar-refractivity contribution in [1.82, 2.24) is 10.6 Å². The van der Waals surface area contributed by atoms with Crippen LogP contribution in [-0.4, -0.2) is 90.5 Å². The fraction of sp³-hybridized carbons (Fsp3) is 0.364. The molecule has 0 bridgehead atoms. The van der Waals surface area contributed by atoms with Gasteiger partial charge < -0.3 is 39.1 Å². The molecule has 264 valence electrons. The molecule has 0 unspecified atom stereocenters. The van der Waals surface area contributed by atoms with E-state index in [-0.39, 0.29) is 71.9 Å². The quantitative estimate of drug-likeness (QED) is 0.0477. The molecule has 0 aliphatic heterocycles. The topological polar surface area (TPSA) is 131 Å². The first-order valence-corrected chi connectivity index (χ1v) is 15.1. The van der Waals surface area contributed by atoms with E-state index in [0.29, 0.717) is 0 Å². The molecular weight excluding hydrogens is 663 g/mol. The number of fused-ring (bicyclic) bond motifs is 3. The highest BCUT2D eigenvalue weighted by Crippen LogP contribution is 2.44. The van der Waals surface area contributed by atoms with E-state index in [1.54, 1.807) is 0 Å². The second kappa shape index (κ2) is 18.8.